The highest BCUT2D eigenvalue weighted by Crippen LogP contribution is 2.19. The van der Waals surface area contributed by atoms with Crippen LogP contribution in [-0.4, -0.2) is 80.2 Å². The van der Waals surface area contributed by atoms with Crippen molar-refractivity contribution in [3.05, 3.63) is 54.2 Å². The molecule has 0 bridgehead atoms. The number of thiol groups is 1. The smallest absolute Gasteiger partial charge is 0.326 e. The molecule has 0 fully saturated rings. The zero-order chi connectivity index (χ0) is 29.1. The van der Waals surface area contributed by atoms with E-state index in [1.165, 1.54) is 12.5 Å². The van der Waals surface area contributed by atoms with Gasteiger partial charge in [0, 0.05) is 41.2 Å². The van der Waals surface area contributed by atoms with Crippen LogP contribution in [0.1, 0.15) is 30.5 Å². The van der Waals surface area contributed by atoms with Crippen molar-refractivity contribution >= 4 is 47.2 Å². The molecular formula is C26H36N8O5S. The van der Waals surface area contributed by atoms with E-state index in [-0.39, 0.29) is 25.0 Å². The predicted octanol–water partition coefficient (Wildman–Crippen LogP) is -0.399. The zero-order valence-corrected chi connectivity index (χ0v) is 22.8. The van der Waals surface area contributed by atoms with Crippen LogP contribution in [0.5, 0.6) is 0 Å². The number of carbonyl (C=O) groups is 4. The van der Waals surface area contributed by atoms with Crippen LogP contribution >= 0.6 is 12.6 Å². The highest BCUT2D eigenvalue weighted by Gasteiger charge is 2.30. The first-order valence-corrected chi connectivity index (χ1v) is 13.6. The molecule has 0 aliphatic carbocycles. The van der Waals surface area contributed by atoms with Gasteiger partial charge < -0.3 is 42.5 Å². The molecule has 10 N–H and O–H groups in total. The van der Waals surface area contributed by atoms with Crippen molar-refractivity contribution in [2.75, 3.05) is 12.3 Å². The van der Waals surface area contributed by atoms with E-state index in [9.17, 15) is 24.3 Å². The van der Waals surface area contributed by atoms with Gasteiger partial charge in [-0.3, -0.25) is 14.4 Å². The number of fused-ring (bicyclic) bond motifs is 1. The molecule has 3 aromatic rings. The Bertz CT molecular complexity index is 1280. The number of carboxylic acids is 1. The molecule has 4 atom stereocenters. The maximum absolute atomic E-state index is 13.2. The Hall–Kier alpha value is -3.88. The molecule has 2 aromatic heterocycles. The van der Waals surface area contributed by atoms with Crippen molar-refractivity contribution in [2.24, 2.45) is 11.5 Å². The Morgan fingerprint density at radius 1 is 0.950 bits per heavy atom. The molecule has 0 aliphatic heterocycles. The van der Waals surface area contributed by atoms with Crippen molar-refractivity contribution in [3.63, 3.8) is 0 Å². The largest absolute Gasteiger partial charge is 0.480 e. The number of benzene rings is 1. The Balaban J connectivity index is 1.63. The van der Waals surface area contributed by atoms with Gasteiger partial charge >= 0.3 is 5.97 Å². The number of nitrogens with zero attached hydrogens (tertiary/aromatic N) is 1. The van der Waals surface area contributed by atoms with Gasteiger partial charge in [-0.15, -0.1) is 0 Å². The van der Waals surface area contributed by atoms with Gasteiger partial charge in [0.25, 0.3) is 0 Å². The molecule has 3 amide bonds. The summed E-state index contributed by atoms with van der Waals surface area (Å²) in [6, 6.07) is 3.35. The number of para-hydroxylation sites is 1. The number of carbonyl (C=O) groups excluding carboxylic acids is 3. The molecule has 2 heterocycles. The molecule has 4 unspecified atom stereocenters. The lowest BCUT2D eigenvalue weighted by Crippen LogP contribution is -2.58. The van der Waals surface area contributed by atoms with E-state index in [1.54, 1.807) is 6.20 Å². The maximum Gasteiger partial charge on any atom is 0.326 e. The minimum atomic E-state index is -1.25. The van der Waals surface area contributed by atoms with Crippen LogP contribution in [0.3, 0.4) is 0 Å². The van der Waals surface area contributed by atoms with E-state index < -0.39 is 47.9 Å². The van der Waals surface area contributed by atoms with Crippen molar-refractivity contribution in [1.82, 2.24) is 30.9 Å². The number of aromatic amines is 2. The first-order valence-electron chi connectivity index (χ1n) is 13.0. The molecule has 0 saturated carbocycles. The maximum atomic E-state index is 13.2. The lowest BCUT2D eigenvalue weighted by molar-refractivity contribution is -0.142. The topological polar surface area (TPSA) is 221 Å². The second kappa shape index (κ2) is 15.1. The predicted molar refractivity (Wildman–Crippen MR) is 152 cm³/mol. The Morgan fingerprint density at radius 3 is 2.33 bits per heavy atom. The van der Waals surface area contributed by atoms with Gasteiger partial charge in [-0.1, -0.05) is 18.2 Å². The molecule has 0 spiro atoms. The lowest BCUT2D eigenvalue weighted by Gasteiger charge is -2.24. The second-order valence-electron chi connectivity index (χ2n) is 9.44. The van der Waals surface area contributed by atoms with Crippen molar-refractivity contribution in [1.29, 1.82) is 0 Å². The number of hydrogen-bond donors (Lipinski definition) is 9. The van der Waals surface area contributed by atoms with E-state index in [4.69, 9.17) is 11.5 Å². The number of aromatic nitrogens is 3. The summed E-state index contributed by atoms with van der Waals surface area (Å²) in [5.41, 5.74) is 14.1. The monoisotopic (exact) mass is 572 g/mol. The average Bonchev–Trinajstić information content (AvgIpc) is 3.60. The summed E-state index contributed by atoms with van der Waals surface area (Å²) < 4.78 is 0. The molecule has 3 rings (SSSR count). The molecule has 1 aromatic carbocycles. The summed E-state index contributed by atoms with van der Waals surface area (Å²) in [4.78, 5) is 60.5. The van der Waals surface area contributed by atoms with Gasteiger partial charge in [0.1, 0.15) is 18.1 Å². The summed E-state index contributed by atoms with van der Waals surface area (Å²) in [5, 5.41) is 18.2. The number of nitrogens with one attached hydrogen (secondary N) is 5. The average molecular weight is 573 g/mol. The van der Waals surface area contributed by atoms with Crippen LogP contribution in [0.15, 0.2) is 43.0 Å². The first kappa shape index (κ1) is 30.7. The van der Waals surface area contributed by atoms with Gasteiger partial charge in [0.2, 0.25) is 17.7 Å². The number of aliphatic carboxylic acids is 1. The molecule has 0 aliphatic rings. The van der Waals surface area contributed by atoms with Gasteiger partial charge in [0.15, 0.2) is 0 Å². The number of rotatable bonds is 16. The van der Waals surface area contributed by atoms with Crippen molar-refractivity contribution < 1.29 is 24.3 Å². The molecule has 0 radical (unpaired) electrons. The third-order valence-electron chi connectivity index (χ3n) is 6.44. The number of unbranched alkanes of at least 4 members (excludes halogenated alkanes) is 1. The second-order valence-corrected chi connectivity index (χ2v) is 9.81. The molecule has 216 valence electrons. The summed E-state index contributed by atoms with van der Waals surface area (Å²) in [7, 11) is 0. The number of amides is 3. The van der Waals surface area contributed by atoms with Gasteiger partial charge in [-0.25, -0.2) is 9.78 Å². The van der Waals surface area contributed by atoms with Crippen LogP contribution in [0.4, 0.5) is 0 Å². The molecule has 0 saturated heterocycles. The summed E-state index contributed by atoms with van der Waals surface area (Å²) in [6.07, 6.45) is 6.34. The fourth-order valence-corrected chi connectivity index (χ4v) is 4.48. The number of hydrogen-bond acceptors (Lipinski definition) is 8. The number of nitrogens with two attached hydrogens (primary N) is 2. The molecule has 40 heavy (non-hydrogen) atoms. The SMILES string of the molecule is NCCCCC(NC(=O)C(N)Cc1c[nH]c2ccccc12)C(=O)NC(CS)C(=O)NC(Cc1cnc[nH]1)C(=O)O. The first-order chi connectivity index (χ1) is 19.2. The highest BCUT2D eigenvalue weighted by molar-refractivity contribution is 7.80. The standard InChI is InChI=1S/C26H36N8O5S/c27-8-4-3-7-20(32-23(35)18(28)9-15-11-30-19-6-2-1-5-17(15)19)24(36)34-22(13-40)25(37)33-21(26(38)39)10-16-12-29-14-31-16/h1-2,5-6,11-12,14,18,20-22,30,40H,3-4,7-10,13,27-28H2,(H,29,31)(H,32,35)(H,33,37)(H,34,36)(H,38,39). The minimum Gasteiger partial charge on any atom is -0.480 e. The normalized spacial score (nSPS) is 14.2. The van der Waals surface area contributed by atoms with Gasteiger partial charge in [-0.05, 0) is 43.9 Å². The third kappa shape index (κ3) is 8.56. The number of carboxylic acid groups (broad SMARTS) is 1. The summed E-state index contributed by atoms with van der Waals surface area (Å²) in [5.74, 6) is -3.20. The molecule has 14 heteroatoms. The van der Waals surface area contributed by atoms with E-state index >= 15 is 0 Å². The van der Waals surface area contributed by atoms with E-state index in [1.807, 2.05) is 24.3 Å². The number of H-pyrrole nitrogens is 2. The van der Waals surface area contributed by atoms with Crippen LogP contribution in [-0.2, 0) is 32.0 Å². The Labute approximate surface area is 236 Å². The fraction of sp³-hybridized carbons (Fsp3) is 0.423. The van der Waals surface area contributed by atoms with Crippen LogP contribution < -0.4 is 27.4 Å². The highest BCUT2D eigenvalue weighted by atomic mass is 32.1. The van der Waals surface area contributed by atoms with Gasteiger partial charge in [-0.2, -0.15) is 12.6 Å². The minimum absolute atomic E-state index is 0.0274. The zero-order valence-electron chi connectivity index (χ0n) is 21.9. The van der Waals surface area contributed by atoms with E-state index in [2.05, 4.69) is 43.5 Å². The summed E-state index contributed by atoms with van der Waals surface area (Å²) in [6.45, 7) is 0.414. The fourth-order valence-electron chi connectivity index (χ4n) is 4.23. The quantitative estimate of drug-likeness (QED) is 0.0810. The Kier molecular flexibility index (Phi) is 11.5. The van der Waals surface area contributed by atoms with Crippen molar-refractivity contribution in [2.45, 2.75) is 56.3 Å². The molecule has 13 nitrogen and oxygen atoms in total. The third-order valence-corrected chi connectivity index (χ3v) is 6.81. The van der Waals surface area contributed by atoms with Crippen LogP contribution in [0.2, 0.25) is 0 Å². The van der Waals surface area contributed by atoms with E-state index in [0.29, 0.717) is 25.1 Å². The Morgan fingerprint density at radius 2 is 1.65 bits per heavy atom. The lowest BCUT2D eigenvalue weighted by atomic mass is 10.0. The number of imidazole rings is 1. The van der Waals surface area contributed by atoms with Crippen molar-refractivity contribution in [3.8, 4) is 0 Å². The van der Waals surface area contributed by atoms with Crippen LogP contribution in [0, 0.1) is 0 Å². The summed E-state index contributed by atoms with van der Waals surface area (Å²) >= 11 is 4.16. The van der Waals surface area contributed by atoms with Gasteiger partial charge in [0.05, 0.1) is 12.4 Å². The van der Waals surface area contributed by atoms with E-state index in [0.717, 1.165) is 16.5 Å². The molecular weight excluding hydrogens is 536 g/mol. The van der Waals surface area contributed by atoms with Crippen LogP contribution in [0.25, 0.3) is 10.9 Å².